The van der Waals surface area contributed by atoms with Crippen LogP contribution in [-0.2, 0) is 12.8 Å². The quantitative estimate of drug-likeness (QED) is 0.914. The van der Waals surface area contributed by atoms with E-state index >= 15 is 0 Å². The highest BCUT2D eigenvalue weighted by molar-refractivity contribution is 6.30. The Bertz CT molecular complexity index is 664. The van der Waals surface area contributed by atoms with E-state index in [0.717, 1.165) is 23.3 Å². The summed E-state index contributed by atoms with van der Waals surface area (Å²) in [6.07, 6.45) is 0.813. The van der Waals surface area contributed by atoms with Crippen LogP contribution in [0.3, 0.4) is 0 Å². The third kappa shape index (κ3) is 3.07. The summed E-state index contributed by atoms with van der Waals surface area (Å²) >= 11 is 6.00. The van der Waals surface area contributed by atoms with E-state index in [-0.39, 0.29) is 5.60 Å². The normalized spacial score (nSPS) is 17.1. The lowest BCUT2D eigenvalue weighted by atomic mass is 9.96. The minimum atomic E-state index is -0.590. The summed E-state index contributed by atoms with van der Waals surface area (Å²) < 4.78 is 6.02. The fraction of sp³-hybridized carbons (Fsp3) is 0.333. The second-order valence-electron chi connectivity index (χ2n) is 6.22. The van der Waals surface area contributed by atoms with Crippen LogP contribution in [0.4, 0.5) is 0 Å². The fourth-order valence-electron chi connectivity index (χ4n) is 2.90. The number of para-hydroxylation sites is 1. The Hall–Kier alpha value is -1.51. The second-order valence-corrected chi connectivity index (χ2v) is 6.66. The zero-order valence-corrected chi connectivity index (χ0v) is 13.0. The number of aliphatic hydroxyl groups is 1. The van der Waals surface area contributed by atoms with Crippen molar-refractivity contribution < 1.29 is 9.84 Å². The van der Waals surface area contributed by atoms with Crippen LogP contribution < -0.4 is 4.74 Å². The summed E-state index contributed by atoms with van der Waals surface area (Å²) in [5.41, 5.74) is 2.85. The van der Waals surface area contributed by atoms with Crippen molar-refractivity contribution in [3.05, 3.63) is 64.2 Å². The molecule has 2 aromatic carbocycles. The molecule has 0 fully saturated rings. The monoisotopic (exact) mass is 302 g/mol. The Balaban J connectivity index is 1.87. The molecule has 0 radical (unpaired) electrons. The van der Waals surface area contributed by atoms with Crippen molar-refractivity contribution >= 4 is 11.6 Å². The molecule has 0 aliphatic carbocycles. The van der Waals surface area contributed by atoms with E-state index in [9.17, 15) is 5.11 Å². The van der Waals surface area contributed by atoms with Gasteiger partial charge in [-0.25, -0.2) is 0 Å². The predicted octanol–water partition coefficient (Wildman–Crippen LogP) is 4.33. The number of hydrogen-bond donors (Lipinski definition) is 1. The molecular formula is C18H19ClO2. The summed E-state index contributed by atoms with van der Waals surface area (Å²) in [6, 6.07) is 13.6. The molecular weight excluding hydrogens is 284 g/mol. The summed E-state index contributed by atoms with van der Waals surface area (Å²) in [7, 11) is 0. The molecule has 0 spiro atoms. The Kier molecular flexibility index (Phi) is 3.68. The van der Waals surface area contributed by atoms with Crippen molar-refractivity contribution in [1.82, 2.24) is 0 Å². The third-order valence-corrected chi connectivity index (χ3v) is 4.03. The second kappa shape index (κ2) is 5.36. The van der Waals surface area contributed by atoms with Crippen molar-refractivity contribution in [2.45, 2.75) is 38.4 Å². The van der Waals surface area contributed by atoms with Gasteiger partial charge < -0.3 is 9.84 Å². The molecule has 21 heavy (non-hydrogen) atoms. The highest BCUT2D eigenvalue weighted by atomic mass is 35.5. The SMILES string of the molecule is CC1(C)Cc2cccc(C(O)Cc3cccc(Cl)c3)c2O1. The lowest BCUT2D eigenvalue weighted by molar-refractivity contribution is 0.126. The molecule has 1 aliphatic rings. The molecule has 0 amide bonds. The van der Waals surface area contributed by atoms with Gasteiger partial charge in [0.15, 0.2) is 0 Å². The predicted molar refractivity (Wildman–Crippen MR) is 85.0 cm³/mol. The van der Waals surface area contributed by atoms with Gasteiger partial charge in [-0.05, 0) is 37.1 Å². The first-order chi connectivity index (χ1) is 9.94. The van der Waals surface area contributed by atoms with Crippen molar-refractivity contribution in [2.24, 2.45) is 0 Å². The molecule has 0 saturated heterocycles. The molecule has 0 saturated carbocycles. The largest absolute Gasteiger partial charge is 0.487 e. The van der Waals surface area contributed by atoms with Gasteiger partial charge in [0, 0.05) is 23.4 Å². The molecule has 0 bridgehead atoms. The van der Waals surface area contributed by atoms with Crippen LogP contribution >= 0.6 is 11.6 Å². The summed E-state index contributed by atoms with van der Waals surface area (Å²) in [6.45, 7) is 4.14. The van der Waals surface area contributed by atoms with Gasteiger partial charge in [-0.15, -0.1) is 0 Å². The van der Waals surface area contributed by atoms with Crippen LogP contribution in [0.25, 0.3) is 0 Å². The highest BCUT2D eigenvalue weighted by Crippen LogP contribution is 2.40. The summed E-state index contributed by atoms with van der Waals surface area (Å²) in [5.74, 6) is 0.844. The van der Waals surface area contributed by atoms with Crippen LogP contribution in [0.1, 0.15) is 36.6 Å². The smallest absolute Gasteiger partial charge is 0.129 e. The molecule has 1 heterocycles. The Morgan fingerprint density at radius 1 is 1.24 bits per heavy atom. The first-order valence-electron chi connectivity index (χ1n) is 7.18. The van der Waals surface area contributed by atoms with Gasteiger partial charge in [0.25, 0.3) is 0 Å². The third-order valence-electron chi connectivity index (χ3n) is 3.80. The van der Waals surface area contributed by atoms with E-state index in [0.29, 0.717) is 11.4 Å². The van der Waals surface area contributed by atoms with Crippen LogP contribution in [0.2, 0.25) is 5.02 Å². The number of benzene rings is 2. The van der Waals surface area contributed by atoms with Gasteiger partial charge in [0.2, 0.25) is 0 Å². The number of halogens is 1. The molecule has 1 unspecified atom stereocenters. The molecule has 1 N–H and O–H groups in total. The van der Waals surface area contributed by atoms with E-state index in [4.69, 9.17) is 16.3 Å². The maximum Gasteiger partial charge on any atom is 0.129 e. The Morgan fingerprint density at radius 3 is 2.76 bits per heavy atom. The van der Waals surface area contributed by atoms with Gasteiger partial charge in [0.05, 0.1) is 6.10 Å². The van der Waals surface area contributed by atoms with E-state index in [1.165, 1.54) is 5.56 Å². The molecule has 1 atom stereocenters. The van der Waals surface area contributed by atoms with Crippen molar-refractivity contribution in [3.8, 4) is 5.75 Å². The van der Waals surface area contributed by atoms with E-state index in [2.05, 4.69) is 19.9 Å². The van der Waals surface area contributed by atoms with Crippen LogP contribution in [-0.4, -0.2) is 10.7 Å². The number of aliphatic hydroxyl groups excluding tert-OH is 1. The van der Waals surface area contributed by atoms with Crippen molar-refractivity contribution in [1.29, 1.82) is 0 Å². The zero-order valence-electron chi connectivity index (χ0n) is 12.3. The first-order valence-corrected chi connectivity index (χ1v) is 7.56. The number of hydrogen-bond acceptors (Lipinski definition) is 2. The average Bonchev–Trinajstić information content (AvgIpc) is 2.72. The number of ether oxygens (including phenoxy) is 1. The lowest BCUT2D eigenvalue weighted by Crippen LogP contribution is -2.25. The van der Waals surface area contributed by atoms with Crippen molar-refractivity contribution in [2.75, 3.05) is 0 Å². The van der Waals surface area contributed by atoms with Gasteiger partial charge in [-0.3, -0.25) is 0 Å². The summed E-state index contributed by atoms with van der Waals surface area (Å²) in [4.78, 5) is 0. The number of fused-ring (bicyclic) bond motifs is 1. The molecule has 110 valence electrons. The molecule has 2 aromatic rings. The van der Waals surface area contributed by atoms with Gasteiger partial charge in [0.1, 0.15) is 11.4 Å². The minimum absolute atomic E-state index is 0.200. The standard InChI is InChI=1S/C18H19ClO2/c1-18(2)11-13-6-4-8-15(17(13)21-18)16(20)10-12-5-3-7-14(19)9-12/h3-9,16,20H,10-11H2,1-2H3. The molecule has 3 heteroatoms. The molecule has 0 aromatic heterocycles. The number of rotatable bonds is 3. The topological polar surface area (TPSA) is 29.5 Å². The van der Waals surface area contributed by atoms with Gasteiger partial charge in [-0.2, -0.15) is 0 Å². The lowest BCUT2D eigenvalue weighted by Gasteiger charge is -2.20. The fourth-order valence-corrected chi connectivity index (χ4v) is 3.11. The van der Waals surface area contributed by atoms with Gasteiger partial charge >= 0.3 is 0 Å². The van der Waals surface area contributed by atoms with E-state index < -0.39 is 6.10 Å². The zero-order chi connectivity index (χ0) is 15.0. The van der Waals surface area contributed by atoms with Crippen molar-refractivity contribution in [3.63, 3.8) is 0 Å². The van der Waals surface area contributed by atoms with Crippen LogP contribution in [0, 0.1) is 0 Å². The summed E-state index contributed by atoms with van der Waals surface area (Å²) in [5, 5.41) is 11.3. The maximum absolute atomic E-state index is 10.6. The van der Waals surface area contributed by atoms with Crippen LogP contribution in [0.15, 0.2) is 42.5 Å². The van der Waals surface area contributed by atoms with Gasteiger partial charge in [-0.1, -0.05) is 41.9 Å². The average molecular weight is 303 g/mol. The molecule has 1 aliphatic heterocycles. The maximum atomic E-state index is 10.6. The van der Waals surface area contributed by atoms with E-state index in [1.807, 2.05) is 36.4 Å². The Morgan fingerprint density at radius 2 is 2.00 bits per heavy atom. The first kappa shape index (κ1) is 14.4. The highest BCUT2D eigenvalue weighted by Gasteiger charge is 2.32. The molecule has 3 rings (SSSR count). The molecule has 2 nitrogen and oxygen atoms in total. The van der Waals surface area contributed by atoms with Crippen LogP contribution in [0.5, 0.6) is 5.75 Å². The van der Waals surface area contributed by atoms with E-state index in [1.54, 1.807) is 0 Å². The minimum Gasteiger partial charge on any atom is -0.487 e. The Labute approximate surface area is 130 Å².